The van der Waals surface area contributed by atoms with E-state index in [9.17, 15) is 0 Å². The Bertz CT molecular complexity index is 3410. The first kappa shape index (κ1) is 29.6. The van der Waals surface area contributed by atoms with Crippen LogP contribution in [0.1, 0.15) is 23.1 Å². The monoisotopic (exact) mass is 688 g/mol. The van der Waals surface area contributed by atoms with Gasteiger partial charge in [-0.2, -0.15) is 0 Å². The zero-order valence-electron chi connectivity index (χ0n) is 29.4. The van der Waals surface area contributed by atoms with E-state index < -0.39 is 0 Å². The number of aryl methyl sites for hydroxylation is 1. The van der Waals surface area contributed by atoms with E-state index in [2.05, 4.69) is 162 Å². The van der Waals surface area contributed by atoms with Crippen molar-refractivity contribution in [2.24, 2.45) is 4.99 Å². The number of allylic oxidation sites excluding steroid dienone is 1. The molecule has 0 amide bonds. The molecule has 3 nitrogen and oxygen atoms in total. The number of furan rings is 1. The number of nitrogens with zero attached hydrogens (tertiary/aromatic N) is 2. The van der Waals surface area contributed by atoms with Gasteiger partial charge in [0.1, 0.15) is 17.0 Å². The number of rotatable bonds is 2. The van der Waals surface area contributed by atoms with Gasteiger partial charge in [-0.25, -0.2) is 4.99 Å². The number of para-hydroxylation sites is 1. The minimum absolute atomic E-state index is 0.871. The van der Waals surface area contributed by atoms with Crippen LogP contribution in [0.5, 0.6) is 0 Å². The first-order valence-electron chi connectivity index (χ1n) is 18.8. The summed E-state index contributed by atoms with van der Waals surface area (Å²) in [6.07, 6.45) is 4.14. The quantitative estimate of drug-likeness (QED) is 0.166. The van der Waals surface area contributed by atoms with E-state index in [1.807, 2.05) is 12.1 Å². The molecule has 0 saturated heterocycles. The van der Waals surface area contributed by atoms with Gasteiger partial charge in [-0.1, -0.05) is 133 Å². The predicted molar refractivity (Wildman–Crippen MR) is 228 cm³/mol. The molecule has 2 aromatic heterocycles. The Labute approximate surface area is 310 Å². The second-order valence-electron chi connectivity index (χ2n) is 14.5. The highest BCUT2D eigenvalue weighted by atomic mass is 16.3. The smallest absolute Gasteiger partial charge is 0.136 e. The number of hydrogen-bond acceptors (Lipinski definition) is 2. The van der Waals surface area contributed by atoms with Crippen molar-refractivity contribution < 1.29 is 4.42 Å². The van der Waals surface area contributed by atoms with E-state index in [4.69, 9.17) is 9.41 Å². The number of aromatic nitrogens is 1. The van der Waals surface area contributed by atoms with Crippen molar-refractivity contribution in [3.05, 3.63) is 187 Å². The number of hydrogen-bond donors (Lipinski definition) is 0. The minimum atomic E-state index is 0.871. The van der Waals surface area contributed by atoms with Crippen LogP contribution in [0.15, 0.2) is 179 Å². The molecule has 252 valence electrons. The van der Waals surface area contributed by atoms with Crippen LogP contribution >= 0.6 is 0 Å². The summed E-state index contributed by atoms with van der Waals surface area (Å²) in [5.41, 5.74) is 8.53. The first-order valence-corrected chi connectivity index (χ1v) is 18.8. The Balaban J connectivity index is 1.21. The third-order valence-electron chi connectivity index (χ3n) is 11.6. The molecule has 0 atom stereocenters. The van der Waals surface area contributed by atoms with Gasteiger partial charge in [0.2, 0.25) is 0 Å². The number of benzene rings is 9. The molecule has 0 unspecified atom stereocenters. The molecular weight excluding hydrogens is 657 g/mol. The zero-order chi connectivity index (χ0) is 35.3. The Morgan fingerprint density at radius 2 is 1.07 bits per heavy atom. The van der Waals surface area contributed by atoms with Crippen molar-refractivity contribution in [1.29, 1.82) is 0 Å². The first-order chi connectivity index (χ1) is 26.8. The average molecular weight is 689 g/mol. The standard InChI is InChI=1S/C51H32N2O/c1-3-15-34-32(13-1)25-28-43-49(34)50-44(29-27-42-38-19-6-5-17-36(38)37-18-7-8-21-41(37)48(42)50)53(43)47-23-11-14-31-12-2-4-16-35(31)51(52-47)33-24-26-40-39-20-9-10-22-45(39)54-46(40)30-33/h1-10,12-13,15-30H,11,14H2/b47-23+,52-51-. The summed E-state index contributed by atoms with van der Waals surface area (Å²) in [4.78, 5) is 5.72. The predicted octanol–water partition coefficient (Wildman–Crippen LogP) is 13.6. The molecule has 0 saturated carbocycles. The Kier molecular flexibility index (Phi) is 6.17. The Hall–Kier alpha value is -6.97. The molecule has 0 spiro atoms. The highest BCUT2D eigenvalue weighted by molar-refractivity contribution is 6.38. The van der Waals surface area contributed by atoms with Gasteiger partial charge in [0.25, 0.3) is 0 Å². The summed E-state index contributed by atoms with van der Waals surface area (Å²) >= 11 is 0. The molecule has 3 heterocycles. The van der Waals surface area contributed by atoms with Gasteiger partial charge < -0.3 is 4.42 Å². The van der Waals surface area contributed by atoms with Gasteiger partial charge in [0.15, 0.2) is 0 Å². The van der Waals surface area contributed by atoms with Gasteiger partial charge in [-0.15, -0.1) is 0 Å². The fraction of sp³-hybridized carbons (Fsp3) is 0.0392. The van der Waals surface area contributed by atoms with Crippen LogP contribution in [0.25, 0.3) is 92.7 Å². The fourth-order valence-electron chi connectivity index (χ4n) is 9.29. The molecule has 0 fully saturated rings. The van der Waals surface area contributed by atoms with Crippen molar-refractivity contribution in [2.45, 2.75) is 12.8 Å². The lowest BCUT2D eigenvalue weighted by atomic mass is 9.91. The second kappa shape index (κ2) is 11.3. The van der Waals surface area contributed by atoms with Crippen molar-refractivity contribution in [3.8, 4) is 0 Å². The lowest BCUT2D eigenvalue weighted by molar-refractivity contribution is 0.669. The van der Waals surface area contributed by atoms with Crippen LogP contribution in [0, 0.1) is 0 Å². The van der Waals surface area contributed by atoms with Crippen molar-refractivity contribution >= 4 is 98.4 Å². The molecule has 0 N–H and O–H groups in total. The van der Waals surface area contributed by atoms with Crippen LogP contribution in [0.3, 0.4) is 0 Å². The van der Waals surface area contributed by atoms with Gasteiger partial charge in [-0.05, 0) is 92.5 Å². The van der Waals surface area contributed by atoms with Crippen LogP contribution in [-0.2, 0) is 6.42 Å². The third kappa shape index (κ3) is 4.15. The summed E-state index contributed by atoms with van der Waals surface area (Å²) in [7, 11) is 0. The van der Waals surface area contributed by atoms with Crippen molar-refractivity contribution in [2.75, 3.05) is 0 Å². The summed E-state index contributed by atoms with van der Waals surface area (Å²) < 4.78 is 8.84. The lowest BCUT2D eigenvalue weighted by Crippen LogP contribution is -2.11. The Morgan fingerprint density at radius 3 is 1.93 bits per heavy atom. The van der Waals surface area contributed by atoms with Crippen molar-refractivity contribution in [3.63, 3.8) is 0 Å². The van der Waals surface area contributed by atoms with Gasteiger partial charge in [0.05, 0.1) is 16.7 Å². The molecule has 3 heteroatoms. The molecule has 1 aliphatic heterocycles. The van der Waals surface area contributed by atoms with Crippen LogP contribution < -0.4 is 0 Å². The van der Waals surface area contributed by atoms with E-state index in [1.165, 1.54) is 59.4 Å². The average Bonchev–Trinajstić information content (AvgIpc) is 3.77. The summed E-state index contributed by atoms with van der Waals surface area (Å²) in [5, 5.41) is 14.9. The Morgan fingerprint density at radius 1 is 0.463 bits per heavy atom. The topological polar surface area (TPSA) is 30.4 Å². The molecule has 0 radical (unpaired) electrons. The zero-order valence-corrected chi connectivity index (χ0v) is 29.4. The highest BCUT2D eigenvalue weighted by Crippen LogP contribution is 2.45. The van der Waals surface area contributed by atoms with Crippen LogP contribution in [-0.4, -0.2) is 10.3 Å². The fourth-order valence-corrected chi connectivity index (χ4v) is 9.29. The summed E-state index contributed by atoms with van der Waals surface area (Å²) in [6, 6.07) is 59.4. The van der Waals surface area contributed by atoms with E-state index in [1.54, 1.807) is 0 Å². The molecule has 0 aliphatic carbocycles. The molecule has 0 bridgehead atoms. The normalized spacial score (nSPS) is 15.6. The second-order valence-corrected chi connectivity index (χ2v) is 14.5. The molecule has 9 aromatic carbocycles. The van der Waals surface area contributed by atoms with Crippen LogP contribution in [0.4, 0.5) is 0 Å². The van der Waals surface area contributed by atoms with Crippen molar-refractivity contribution in [1.82, 2.24) is 4.57 Å². The summed E-state index contributed by atoms with van der Waals surface area (Å²) in [6.45, 7) is 0. The molecule has 11 aromatic rings. The van der Waals surface area contributed by atoms with Gasteiger partial charge >= 0.3 is 0 Å². The van der Waals surface area contributed by atoms with E-state index >= 15 is 0 Å². The van der Waals surface area contributed by atoms with E-state index in [0.717, 1.165) is 68.5 Å². The van der Waals surface area contributed by atoms with E-state index in [-0.39, 0.29) is 0 Å². The maximum Gasteiger partial charge on any atom is 0.136 e. The molecular formula is C51H32N2O. The maximum absolute atomic E-state index is 6.41. The molecule has 1 aliphatic rings. The largest absolute Gasteiger partial charge is 0.456 e. The third-order valence-corrected chi connectivity index (χ3v) is 11.6. The number of fused-ring (bicyclic) bond motifs is 16. The summed E-state index contributed by atoms with van der Waals surface area (Å²) in [5.74, 6) is 0.934. The number of aliphatic imine (C=N–C) groups is 1. The molecule has 54 heavy (non-hydrogen) atoms. The van der Waals surface area contributed by atoms with Gasteiger partial charge in [0, 0.05) is 38.1 Å². The van der Waals surface area contributed by atoms with E-state index in [0.29, 0.717) is 0 Å². The van der Waals surface area contributed by atoms with Gasteiger partial charge in [-0.3, -0.25) is 4.57 Å². The maximum atomic E-state index is 6.41. The minimum Gasteiger partial charge on any atom is -0.456 e. The SMILES string of the molecule is C1=C(n2c3ccc4ccccc4c3c3c4c5ccccc5c5ccccc5c4ccc32)\N=C(\c2ccc3c(c2)oc2ccccc23)c2ccccc2CC/1. The van der Waals surface area contributed by atoms with Crippen LogP contribution in [0.2, 0.25) is 0 Å². The highest BCUT2D eigenvalue weighted by Gasteiger charge is 2.23. The lowest BCUT2D eigenvalue weighted by Gasteiger charge is -2.18. The molecule has 12 rings (SSSR count).